The van der Waals surface area contributed by atoms with Crippen molar-refractivity contribution in [2.24, 2.45) is 0 Å². The van der Waals surface area contributed by atoms with E-state index >= 15 is 0 Å². The Bertz CT molecular complexity index is 1340. The van der Waals surface area contributed by atoms with Crippen molar-refractivity contribution < 1.29 is 14.3 Å². The van der Waals surface area contributed by atoms with Gasteiger partial charge in [-0.05, 0) is 42.0 Å². The molecular weight excluding hydrogens is 428 g/mol. The average molecular weight is 449 g/mol. The zero-order chi connectivity index (χ0) is 22.7. The molecule has 0 aliphatic carbocycles. The van der Waals surface area contributed by atoms with Crippen LogP contribution in [0.1, 0.15) is 6.92 Å². The van der Waals surface area contributed by atoms with Crippen LogP contribution in [0, 0.1) is 0 Å². The highest BCUT2D eigenvalue weighted by molar-refractivity contribution is 7.17. The number of fused-ring (bicyclic) bond motifs is 1. The van der Waals surface area contributed by atoms with Crippen molar-refractivity contribution in [2.75, 3.05) is 17.7 Å². The fourth-order valence-corrected chi connectivity index (χ4v) is 4.17. The summed E-state index contributed by atoms with van der Waals surface area (Å²) < 4.78 is 6.49. The van der Waals surface area contributed by atoms with Gasteiger partial charge < -0.3 is 15.4 Å². The summed E-state index contributed by atoms with van der Waals surface area (Å²) in [6, 6.07) is 14.1. The fourth-order valence-electron chi connectivity index (χ4n) is 3.26. The molecule has 0 spiro atoms. The molecule has 2 N–H and O–H groups in total. The van der Waals surface area contributed by atoms with Gasteiger partial charge in [-0.3, -0.25) is 19.0 Å². The summed E-state index contributed by atoms with van der Waals surface area (Å²) >= 11 is 1.38. The van der Waals surface area contributed by atoms with E-state index in [1.165, 1.54) is 29.2 Å². The van der Waals surface area contributed by atoms with Gasteiger partial charge in [0, 0.05) is 29.2 Å². The first-order valence-corrected chi connectivity index (χ1v) is 10.6. The number of carbonyl (C=O) groups is 2. The average Bonchev–Trinajstić information content (AvgIpc) is 3.22. The standard InChI is InChI=1S/C23H20N4O4S/c1-14(28)25-16-5-7-17(8-6-16)26-20(29)11-27-13-24-22-21(23(27)30)19(12-32-22)15-3-9-18(31-2)10-4-15/h3-10,12-13H,11H2,1-2H3,(H,25,28)(H,26,29). The van der Waals surface area contributed by atoms with Gasteiger partial charge in [-0.2, -0.15) is 0 Å². The van der Waals surface area contributed by atoms with Crippen molar-refractivity contribution in [3.63, 3.8) is 0 Å². The fraction of sp³-hybridized carbons (Fsp3) is 0.130. The minimum Gasteiger partial charge on any atom is -0.497 e. The lowest BCUT2D eigenvalue weighted by atomic mass is 10.1. The topological polar surface area (TPSA) is 102 Å². The summed E-state index contributed by atoms with van der Waals surface area (Å²) in [5, 5.41) is 7.78. The molecule has 4 rings (SSSR count). The Labute approximate surface area is 187 Å². The number of rotatable bonds is 6. The molecule has 0 fully saturated rings. The van der Waals surface area contributed by atoms with Crippen molar-refractivity contribution in [1.29, 1.82) is 0 Å². The minimum absolute atomic E-state index is 0.173. The molecule has 32 heavy (non-hydrogen) atoms. The van der Waals surface area contributed by atoms with Gasteiger partial charge in [0.05, 0.1) is 18.8 Å². The van der Waals surface area contributed by atoms with E-state index in [0.29, 0.717) is 21.6 Å². The number of benzene rings is 2. The second-order valence-electron chi connectivity index (χ2n) is 7.04. The molecule has 0 aliphatic heterocycles. The van der Waals surface area contributed by atoms with Crippen LogP contribution in [0.4, 0.5) is 11.4 Å². The summed E-state index contributed by atoms with van der Waals surface area (Å²) in [5.74, 6) is 0.193. The van der Waals surface area contributed by atoms with Gasteiger partial charge in [-0.1, -0.05) is 12.1 Å². The van der Waals surface area contributed by atoms with Gasteiger partial charge in [-0.25, -0.2) is 4.98 Å². The van der Waals surface area contributed by atoms with Crippen LogP contribution in [0.15, 0.2) is 65.0 Å². The van der Waals surface area contributed by atoms with E-state index in [2.05, 4.69) is 15.6 Å². The number of nitrogens with one attached hydrogen (secondary N) is 2. The zero-order valence-corrected chi connectivity index (χ0v) is 18.2. The van der Waals surface area contributed by atoms with E-state index in [0.717, 1.165) is 16.9 Å². The highest BCUT2D eigenvalue weighted by Gasteiger charge is 2.15. The molecule has 2 heterocycles. The number of anilines is 2. The molecule has 4 aromatic rings. The van der Waals surface area contributed by atoms with Gasteiger partial charge in [0.15, 0.2) is 0 Å². The number of carbonyl (C=O) groups excluding carboxylic acids is 2. The molecule has 162 valence electrons. The first kappa shape index (κ1) is 21.3. The predicted molar refractivity (Wildman–Crippen MR) is 125 cm³/mol. The zero-order valence-electron chi connectivity index (χ0n) is 17.4. The molecule has 0 atom stereocenters. The van der Waals surface area contributed by atoms with Crippen molar-refractivity contribution in [3.05, 3.63) is 70.6 Å². The number of aromatic nitrogens is 2. The smallest absolute Gasteiger partial charge is 0.263 e. The third-order valence-electron chi connectivity index (χ3n) is 4.76. The number of hydrogen-bond donors (Lipinski definition) is 2. The molecule has 0 saturated carbocycles. The minimum atomic E-state index is -0.359. The van der Waals surface area contributed by atoms with Crippen LogP contribution < -0.4 is 20.9 Å². The van der Waals surface area contributed by atoms with Crippen LogP contribution in [-0.2, 0) is 16.1 Å². The van der Waals surface area contributed by atoms with Crippen molar-refractivity contribution >= 4 is 44.7 Å². The second-order valence-corrected chi connectivity index (χ2v) is 7.90. The Morgan fingerprint density at radius 3 is 2.31 bits per heavy atom. The third-order valence-corrected chi connectivity index (χ3v) is 5.65. The van der Waals surface area contributed by atoms with Crippen LogP contribution >= 0.6 is 11.3 Å². The Balaban J connectivity index is 1.55. The van der Waals surface area contributed by atoms with Crippen LogP contribution in [0.25, 0.3) is 21.3 Å². The summed E-state index contributed by atoms with van der Waals surface area (Å²) in [5.41, 5.74) is 2.55. The summed E-state index contributed by atoms with van der Waals surface area (Å²) in [4.78, 5) is 41.7. The van der Waals surface area contributed by atoms with Crippen molar-refractivity contribution in [2.45, 2.75) is 13.5 Å². The van der Waals surface area contributed by atoms with Crippen LogP contribution in [-0.4, -0.2) is 28.5 Å². The number of thiophene rings is 1. The molecule has 0 radical (unpaired) electrons. The Kier molecular flexibility index (Phi) is 6.00. The quantitative estimate of drug-likeness (QED) is 0.468. The van der Waals surface area contributed by atoms with Crippen LogP contribution in [0.3, 0.4) is 0 Å². The number of amides is 2. The molecule has 2 aromatic carbocycles. The molecule has 8 nitrogen and oxygen atoms in total. The Hall–Kier alpha value is -3.98. The highest BCUT2D eigenvalue weighted by Crippen LogP contribution is 2.31. The lowest BCUT2D eigenvalue weighted by molar-refractivity contribution is -0.117. The number of nitrogens with zero attached hydrogens (tertiary/aromatic N) is 2. The van der Waals surface area contributed by atoms with Gasteiger partial charge >= 0.3 is 0 Å². The maximum absolute atomic E-state index is 13.1. The summed E-state index contributed by atoms with van der Waals surface area (Å²) in [7, 11) is 1.60. The molecule has 0 unspecified atom stereocenters. The van der Waals surface area contributed by atoms with Crippen LogP contribution in [0.2, 0.25) is 0 Å². The number of hydrogen-bond acceptors (Lipinski definition) is 6. The van der Waals surface area contributed by atoms with E-state index in [1.54, 1.807) is 31.4 Å². The number of ether oxygens (including phenoxy) is 1. The van der Waals surface area contributed by atoms with E-state index < -0.39 is 0 Å². The Morgan fingerprint density at radius 1 is 1.03 bits per heavy atom. The second kappa shape index (κ2) is 9.03. The summed E-state index contributed by atoms with van der Waals surface area (Å²) in [6.45, 7) is 1.25. The van der Waals surface area contributed by atoms with E-state index in [-0.39, 0.29) is 23.9 Å². The van der Waals surface area contributed by atoms with Gasteiger partial charge in [-0.15, -0.1) is 11.3 Å². The molecule has 0 bridgehead atoms. The molecular formula is C23H20N4O4S. The first-order chi connectivity index (χ1) is 15.4. The highest BCUT2D eigenvalue weighted by atomic mass is 32.1. The van der Waals surface area contributed by atoms with Gasteiger partial charge in [0.2, 0.25) is 11.8 Å². The molecule has 9 heteroatoms. The van der Waals surface area contributed by atoms with Crippen LogP contribution in [0.5, 0.6) is 5.75 Å². The number of methoxy groups -OCH3 is 1. The SMILES string of the molecule is COc1ccc(-c2csc3ncn(CC(=O)Nc4ccc(NC(C)=O)cc4)c(=O)c23)cc1. The third kappa shape index (κ3) is 4.52. The predicted octanol–water partition coefficient (Wildman–Crippen LogP) is 3.73. The summed E-state index contributed by atoms with van der Waals surface area (Å²) in [6.07, 6.45) is 1.39. The molecule has 2 aromatic heterocycles. The van der Waals surface area contributed by atoms with E-state index in [9.17, 15) is 14.4 Å². The van der Waals surface area contributed by atoms with Crippen molar-refractivity contribution in [1.82, 2.24) is 9.55 Å². The van der Waals surface area contributed by atoms with E-state index in [4.69, 9.17) is 4.74 Å². The van der Waals surface area contributed by atoms with Crippen molar-refractivity contribution in [3.8, 4) is 16.9 Å². The largest absolute Gasteiger partial charge is 0.497 e. The normalized spacial score (nSPS) is 10.7. The lowest BCUT2D eigenvalue weighted by Crippen LogP contribution is -2.27. The monoisotopic (exact) mass is 448 g/mol. The maximum Gasteiger partial charge on any atom is 0.263 e. The first-order valence-electron chi connectivity index (χ1n) is 9.73. The van der Waals surface area contributed by atoms with Gasteiger partial charge in [0.1, 0.15) is 17.1 Å². The van der Waals surface area contributed by atoms with Gasteiger partial charge in [0.25, 0.3) is 5.56 Å². The molecule has 0 saturated heterocycles. The Morgan fingerprint density at radius 2 is 1.69 bits per heavy atom. The molecule has 2 amide bonds. The maximum atomic E-state index is 13.1. The lowest BCUT2D eigenvalue weighted by Gasteiger charge is -2.09. The van der Waals surface area contributed by atoms with E-state index in [1.807, 2.05) is 29.6 Å². The molecule has 0 aliphatic rings.